The molecule has 0 aliphatic carbocycles. The number of likely N-dealkylation sites (tertiary alicyclic amines) is 1. The van der Waals surface area contributed by atoms with E-state index in [9.17, 15) is 9.59 Å². The Balaban J connectivity index is 1.48. The Morgan fingerprint density at radius 2 is 1.88 bits per heavy atom. The van der Waals surface area contributed by atoms with Crippen LogP contribution in [0.2, 0.25) is 0 Å². The number of benzene rings is 2. The highest BCUT2D eigenvalue weighted by Crippen LogP contribution is 2.34. The summed E-state index contributed by atoms with van der Waals surface area (Å²) in [5.74, 6) is 0.373. The van der Waals surface area contributed by atoms with Crippen LogP contribution in [0, 0.1) is 5.41 Å². The maximum Gasteiger partial charge on any atom is 0.227 e. The van der Waals surface area contributed by atoms with E-state index in [-0.39, 0.29) is 18.2 Å². The zero-order valence-corrected chi connectivity index (χ0v) is 18.9. The molecule has 2 aromatic carbocycles. The minimum atomic E-state index is -0.766. The molecule has 1 aromatic heterocycles. The first-order valence-electron chi connectivity index (χ1n) is 11.2. The molecule has 1 aliphatic heterocycles. The third-order valence-corrected chi connectivity index (χ3v) is 6.43. The van der Waals surface area contributed by atoms with Gasteiger partial charge in [0.25, 0.3) is 0 Å². The summed E-state index contributed by atoms with van der Waals surface area (Å²) in [6.45, 7) is 0.979. The van der Waals surface area contributed by atoms with Crippen molar-refractivity contribution >= 4 is 11.8 Å². The number of carbonyl (C=O) groups is 2. The highest BCUT2D eigenvalue weighted by Gasteiger charge is 2.42. The van der Waals surface area contributed by atoms with Crippen molar-refractivity contribution in [3.05, 3.63) is 84.2 Å². The van der Waals surface area contributed by atoms with E-state index in [1.165, 1.54) is 0 Å². The maximum atomic E-state index is 13.1. The van der Waals surface area contributed by atoms with Gasteiger partial charge in [-0.25, -0.2) is 0 Å². The van der Waals surface area contributed by atoms with Crippen molar-refractivity contribution in [3.8, 4) is 16.9 Å². The zero-order chi connectivity index (χ0) is 23.3. The molecule has 0 unspecified atom stereocenters. The summed E-state index contributed by atoms with van der Waals surface area (Å²) in [6, 6.07) is 19.6. The summed E-state index contributed by atoms with van der Waals surface area (Å²) in [4.78, 5) is 31.7. The van der Waals surface area contributed by atoms with Gasteiger partial charge in [0.1, 0.15) is 5.75 Å². The quantitative estimate of drug-likeness (QED) is 0.604. The molecule has 0 radical (unpaired) electrons. The smallest absolute Gasteiger partial charge is 0.227 e. The second kappa shape index (κ2) is 9.86. The van der Waals surface area contributed by atoms with Gasteiger partial charge in [0.2, 0.25) is 11.8 Å². The molecule has 33 heavy (non-hydrogen) atoms. The fourth-order valence-corrected chi connectivity index (χ4v) is 4.59. The molecule has 0 spiro atoms. The molecule has 0 saturated carbocycles. The number of hydrogen-bond donors (Lipinski definition) is 1. The summed E-state index contributed by atoms with van der Waals surface area (Å²) in [7, 11) is 1.61. The SMILES string of the molecule is COc1cccc(CC(=O)N2CCC[C@@](Cc3ccc(-c4cccnc4)cc3)(C(N)=O)C2)c1. The van der Waals surface area contributed by atoms with Crippen molar-refractivity contribution in [2.75, 3.05) is 20.2 Å². The Kier molecular flexibility index (Phi) is 6.73. The molecule has 4 rings (SSSR count). The largest absolute Gasteiger partial charge is 0.497 e. The minimum Gasteiger partial charge on any atom is -0.497 e. The number of primary amides is 1. The lowest BCUT2D eigenvalue weighted by molar-refractivity contribution is -0.139. The number of aromatic nitrogens is 1. The molecule has 6 nitrogen and oxygen atoms in total. The molecular weight excluding hydrogens is 414 g/mol. The average Bonchev–Trinajstić information content (AvgIpc) is 2.85. The molecule has 2 heterocycles. The van der Waals surface area contributed by atoms with Crippen molar-refractivity contribution < 1.29 is 14.3 Å². The Morgan fingerprint density at radius 1 is 1.06 bits per heavy atom. The van der Waals surface area contributed by atoms with Crippen molar-refractivity contribution in [1.82, 2.24) is 9.88 Å². The summed E-state index contributed by atoms with van der Waals surface area (Å²) >= 11 is 0. The second-order valence-electron chi connectivity index (χ2n) is 8.71. The van der Waals surface area contributed by atoms with E-state index < -0.39 is 5.41 Å². The van der Waals surface area contributed by atoms with Crippen LogP contribution in [0.25, 0.3) is 11.1 Å². The van der Waals surface area contributed by atoms with Crippen LogP contribution in [0.4, 0.5) is 0 Å². The molecule has 3 aromatic rings. The molecule has 1 atom stereocenters. The van der Waals surface area contributed by atoms with E-state index in [4.69, 9.17) is 10.5 Å². The Bertz CT molecular complexity index is 1110. The predicted molar refractivity (Wildman–Crippen MR) is 128 cm³/mol. The number of piperidine rings is 1. The van der Waals surface area contributed by atoms with Crippen LogP contribution in [0.15, 0.2) is 73.1 Å². The Hall–Kier alpha value is -3.67. The van der Waals surface area contributed by atoms with Crippen LogP contribution in [0.1, 0.15) is 24.0 Å². The van der Waals surface area contributed by atoms with E-state index in [2.05, 4.69) is 4.98 Å². The van der Waals surface area contributed by atoms with E-state index in [0.717, 1.165) is 34.4 Å². The van der Waals surface area contributed by atoms with Crippen LogP contribution >= 0.6 is 0 Å². The maximum absolute atomic E-state index is 13.1. The number of pyridine rings is 1. The molecule has 1 aliphatic rings. The fourth-order valence-electron chi connectivity index (χ4n) is 4.59. The summed E-state index contributed by atoms with van der Waals surface area (Å²) in [5, 5.41) is 0. The first-order valence-corrected chi connectivity index (χ1v) is 11.2. The lowest BCUT2D eigenvalue weighted by atomic mass is 9.74. The third-order valence-electron chi connectivity index (χ3n) is 6.43. The Labute approximate surface area is 194 Å². The number of methoxy groups -OCH3 is 1. The van der Waals surface area contributed by atoms with E-state index in [0.29, 0.717) is 25.9 Å². The molecule has 2 N–H and O–H groups in total. The Morgan fingerprint density at radius 3 is 2.58 bits per heavy atom. The van der Waals surface area contributed by atoms with Gasteiger partial charge in [0.15, 0.2) is 0 Å². The zero-order valence-electron chi connectivity index (χ0n) is 18.9. The highest BCUT2D eigenvalue weighted by molar-refractivity contribution is 5.84. The lowest BCUT2D eigenvalue weighted by Gasteiger charge is -2.41. The van der Waals surface area contributed by atoms with Gasteiger partial charge in [-0.1, -0.05) is 42.5 Å². The number of nitrogens with two attached hydrogens (primary N) is 1. The van der Waals surface area contributed by atoms with E-state index >= 15 is 0 Å². The number of nitrogens with zero attached hydrogens (tertiary/aromatic N) is 2. The van der Waals surface area contributed by atoms with Gasteiger partial charge in [-0.05, 0) is 59.7 Å². The van der Waals surface area contributed by atoms with Crippen LogP contribution in [0.5, 0.6) is 5.75 Å². The first kappa shape index (κ1) is 22.5. The number of carbonyl (C=O) groups excluding carboxylic acids is 2. The number of ether oxygens (including phenoxy) is 1. The number of amides is 2. The summed E-state index contributed by atoms with van der Waals surface area (Å²) in [6.07, 6.45) is 5.78. The fraction of sp³-hybridized carbons (Fsp3) is 0.296. The van der Waals surface area contributed by atoms with E-state index in [1.807, 2.05) is 66.9 Å². The van der Waals surface area contributed by atoms with Gasteiger partial charge < -0.3 is 15.4 Å². The third kappa shape index (κ3) is 5.22. The summed E-state index contributed by atoms with van der Waals surface area (Å²) in [5.41, 5.74) is 9.19. The number of hydrogen-bond acceptors (Lipinski definition) is 4. The number of rotatable bonds is 7. The van der Waals surface area contributed by atoms with Gasteiger partial charge in [-0.3, -0.25) is 14.6 Å². The first-order chi connectivity index (χ1) is 16.0. The van der Waals surface area contributed by atoms with Gasteiger partial charge in [0.05, 0.1) is 18.9 Å². The second-order valence-corrected chi connectivity index (χ2v) is 8.71. The van der Waals surface area contributed by atoms with Crippen LogP contribution in [0.3, 0.4) is 0 Å². The van der Waals surface area contributed by atoms with Gasteiger partial charge in [-0.2, -0.15) is 0 Å². The van der Waals surface area contributed by atoms with Crippen LogP contribution < -0.4 is 10.5 Å². The van der Waals surface area contributed by atoms with Gasteiger partial charge in [0, 0.05) is 25.5 Å². The van der Waals surface area contributed by atoms with E-state index in [1.54, 1.807) is 18.2 Å². The van der Waals surface area contributed by atoms with Crippen LogP contribution in [-0.4, -0.2) is 41.9 Å². The molecule has 2 amide bonds. The molecule has 170 valence electrons. The standard InChI is InChI=1S/C27H29N3O3/c1-33-24-7-2-5-21(15-24)16-25(31)30-14-4-12-27(19-30,26(28)32)17-20-8-10-22(11-9-20)23-6-3-13-29-18-23/h2-3,5-11,13,15,18H,4,12,14,16-17,19H2,1H3,(H2,28,32)/t27-/m0/s1. The van der Waals surface area contributed by atoms with Gasteiger partial charge >= 0.3 is 0 Å². The van der Waals surface area contributed by atoms with Crippen LogP contribution in [-0.2, 0) is 22.4 Å². The molecule has 0 bridgehead atoms. The van der Waals surface area contributed by atoms with Crippen molar-refractivity contribution in [3.63, 3.8) is 0 Å². The monoisotopic (exact) mass is 443 g/mol. The minimum absolute atomic E-state index is 0.000466. The van der Waals surface area contributed by atoms with Crippen molar-refractivity contribution in [2.24, 2.45) is 11.1 Å². The molecular formula is C27H29N3O3. The predicted octanol–water partition coefficient (Wildman–Crippen LogP) is 3.64. The molecule has 1 saturated heterocycles. The summed E-state index contributed by atoms with van der Waals surface area (Å²) < 4.78 is 5.26. The molecule has 6 heteroatoms. The lowest BCUT2D eigenvalue weighted by Crippen LogP contribution is -2.53. The average molecular weight is 444 g/mol. The normalized spacial score (nSPS) is 18.0. The molecule has 1 fully saturated rings. The van der Waals surface area contributed by atoms with Crippen molar-refractivity contribution in [1.29, 1.82) is 0 Å². The van der Waals surface area contributed by atoms with Crippen molar-refractivity contribution in [2.45, 2.75) is 25.7 Å². The highest BCUT2D eigenvalue weighted by atomic mass is 16.5. The topological polar surface area (TPSA) is 85.5 Å². The van der Waals surface area contributed by atoms with Gasteiger partial charge in [-0.15, -0.1) is 0 Å².